The van der Waals surface area contributed by atoms with Gasteiger partial charge in [0.15, 0.2) is 0 Å². The molecule has 0 bridgehead atoms. The van der Waals surface area contributed by atoms with Crippen LogP contribution in [0.2, 0.25) is 5.02 Å². The molecule has 0 spiro atoms. The van der Waals surface area contributed by atoms with Crippen molar-refractivity contribution in [3.63, 3.8) is 0 Å². The van der Waals surface area contributed by atoms with Crippen molar-refractivity contribution in [3.8, 4) is 0 Å². The fraction of sp³-hybridized carbons (Fsp3) is 0.0714. The van der Waals surface area contributed by atoms with Crippen LogP contribution in [0.1, 0.15) is 15.9 Å². The molecule has 9 heteroatoms. The standard InChI is InChI=1S/C14H12ClN3O5/c15-11-3-1-9(2-4-11)8-16-14(19)10-5-12(17(20)21)7-13(6-10)18(22)23/h1-7,20-21H,8H2,(H,16,19)/q-2. The highest BCUT2D eigenvalue weighted by molar-refractivity contribution is 6.30. The first-order valence-corrected chi connectivity index (χ1v) is 6.74. The lowest BCUT2D eigenvalue weighted by atomic mass is 10.1. The van der Waals surface area contributed by atoms with Crippen molar-refractivity contribution >= 4 is 28.9 Å². The minimum Gasteiger partial charge on any atom is -0.769 e. The predicted molar refractivity (Wildman–Crippen MR) is 84.3 cm³/mol. The number of halogens is 1. The highest BCUT2D eigenvalue weighted by Crippen LogP contribution is 2.23. The quantitative estimate of drug-likeness (QED) is 0.717. The van der Waals surface area contributed by atoms with Gasteiger partial charge < -0.3 is 21.0 Å². The molecule has 0 atom stereocenters. The van der Waals surface area contributed by atoms with Gasteiger partial charge in [-0.25, -0.2) is 0 Å². The van der Waals surface area contributed by atoms with Gasteiger partial charge in [0, 0.05) is 22.8 Å². The summed E-state index contributed by atoms with van der Waals surface area (Å²) in [7, 11) is 0. The van der Waals surface area contributed by atoms with E-state index in [4.69, 9.17) is 22.0 Å². The van der Waals surface area contributed by atoms with E-state index in [0.717, 1.165) is 23.8 Å². The lowest BCUT2D eigenvalue weighted by Gasteiger charge is -2.38. The minimum absolute atomic E-state index is 0.0729. The predicted octanol–water partition coefficient (Wildman–Crippen LogP) is 2.66. The second-order valence-corrected chi connectivity index (χ2v) is 5.03. The van der Waals surface area contributed by atoms with Gasteiger partial charge in [0.1, 0.15) is 0 Å². The Kier molecular flexibility index (Phi) is 5.37. The van der Waals surface area contributed by atoms with Crippen molar-refractivity contribution in [2.75, 3.05) is 10.5 Å². The summed E-state index contributed by atoms with van der Waals surface area (Å²) in [6.07, 6.45) is 0. The number of nitrogens with one attached hydrogen (secondary N) is 1. The van der Waals surface area contributed by atoms with E-state index in [-0.39, 0.29) is 23.0 Å². The molecule has 0 aliphatic heterocycles. The maximum atomic E-state index is 12.1. The van der Waals surface area contributed by atoms with Crippen molar-refractivity contribution in [1.29, 1.82) is 0 Å². The van der Waals surface area contributed by atoms with Crippen molar-refractivity contribution < 1.29 is 15.2 Å². The van der Waals surface area contributed by atoms with Crippen molar-refractivity contribution in [2.24, 2.45) is 0 Å². The summed E-state index contributed by atoms with van der Waals surface area (Å²) < 4.78 is 0. The van der Waals surface area contributed by atoms with Gasteiger partial charge in [0.05, 0.1) is 5.69 Å². The van der Waals surface area contributed by atoms with E-state index >= 15 is 0 Å². The number of carbonyl (C=O) groups excluding carboxylic acids is 1. The number of nitrogens with zero attached hydrogens (tertiary/aromatic N) is 2. The molecule has 0 aliphatic rings. The zero-order valence-electron chi connectivity index (χ0n) is 11.6. The van der Waals surface area contributed by atoms with Gasteiger partial charge in [0.25, 0.3) is 5.91 Å². The van der Waals surface area contributed by atoms with E-state index in [9.17, 15) is 15.2 Å². The number of hydrogen-bond donors (Lipinski definition) is 3. The molecule has 2 aromatic carbocycles. The van der Waals surface area contributed by atoms with Crippen LogP contribution < -0.4 is 15.8 Å². The first kappa shape index (κ1) is 17.0. The third kappa shape index (κ3) is 4.55. The van der Waals surface area contributed by atoms with Crippen LogP contribution in [0.3, 0.4) is 0 Å². The molecule has 0 heterocycles. The molecule has 0 saturated carbocycles. The van der Waals surface area contributed by atoms with E-state index in [1.807, 2.05) is 0 Å². The number of rotatable bonds is 5. The van der Waals surface area contributed by atoms with Crippen molar-refractivity contribution in [1.82, 2.24) is 5.32 Å². The maximum absolute atomic E-state index is 12.1. The van der Waals surface area contributed by atoms with E-state index in [1.165, 1.54) is 0 Å². The molecular weight excluding hydrogens is 326 g/mol. The Morgan fingerprint density at radius 1 is 1.09 bits per heavy atom. The van der Waals surface area contributed by atoms with Gasteiger partial charge in [-0.1, -0.05) is 23.7 Å². The Labute approximate surface area is 136 Å². The molecule has 0 fully saturated rings. The first-order chi connectivity index (χ1) is 10.9. The molecule has 2 aromatic rings. The SMILES string of the molecule is O=C(NCc1ccc(Cl)cc1)c1cc(N([O-])[O-])cc(N(O)O)c1. The van der Waals surface area contributed by atoms with E-state index in [2.05, 4.69) is 5.32 Å². The summed E-state index contributed by atoms with van der Waals surface area (Å²) in [5, 5.41) is 41.8. The fourth-order valence-electron chi connectivity index (χ4n) is 1.83. The molecule has 0 saturated heterocycles. The minimum atomic E-state index is -0.733. The van der Waals surface area contributed by atoms with Crippen LogP contribution in [0.4, 0.5) is 11.4 Å². The zero-order valence-corrected chi connectivity index (χ0v) is 12.4. The Balaban J connectivity index is 2.16. The zero-order chi connectivity index (χ0) is 17.0. The fourth-order valence-corrected chi connectivity index (χ4v) is 1.96. The lowest BCUT2D eigenvalue weighted by molar-refractivity contribution is 0.0291. The second kappa shape index (κ2) is 7.27. The van der Waals surface area contributed by atoms with Gasteiger partial charge in [-0.05, 0) is 35.9 Å². The van der Waals surface area contributed by atoms with E-state index in [1.54, 1.807) is 24.3 Å². The molecule has 1 amide bonds. The number of benzene rings is 2. The number of hydrogen-bond acceptors (Lipinski definition) is 7. The molecule has 2 rings (SSSR count). The topological polar surface area (TPSA) is 122 Å². The Bertz CT molecular complexity index is 665. The van der Waals surface area contributed by atoms with Gasteiger partial charge in [0.2, 0.25) is 0 Å². The normalized spacial score (nSPS) is 10.3. The van der Waals surface area contributed by atoms with Gasteiger partial charge in [-0.2, -0.15) is 0 Å². The monoisotopic (exact) mass is 337 g/mol. The smallest absolute Gasteiger partial charge is 0.251 e. The summed E-state index contributed by atoms with van der Waals surface area (Å²) in [5.41, 5.74) is -0.0151. The Morgan fingerprint density at radius 3 is 2.26 bits per heavy atom. The maximum Gasteiger partial charge on any atom is 0.251 e. The molecule has 0 radical (unpaired) electrons. The molecule has 3 N–H and O–H groups in total. The van der Waals surface area contributed by atoms with Crippen molar-refractivity contribution in [3.05, 3.63) is 69.0 Å². The second-order valence-electron chi connectivity index (χ2n) is 4.59. The average molecular weight is 338 g/mol. The summed E-state index contributed by atoms with van der Waals surface area (Å²) in [6, 6.07) is 9.88. The van der Waals surface area contributed by atoms with Crippen LogP contribution in [0.25, 0.3) is 0 Å². The number of amides is 1. The Morgan fingerprint density at radius 2 is 1.70 bits per heavy atom. The van der Waals surface area contributed by atoms with Crippen molar-refractivity contribution in [2.45, 2.75) is 6.54 Å². The molecular formula is C14H12ClN3O5-2. The van der Waals surface area contributed by atoms with Gasteiger partial charge >= 0.3 is 0 Å². The molecule has 0 aromatic heterocycles. The highest BCUT2D eigenvalue weighted by atomic mass is 35.5. The third-order valence-corrected chi connectivity index (χ3v) is 3.22. The molecule has 8 nitrogen and oxygen atoms in total. The van der Waals surface area contributed by atoms with E-state index < -0.39 is 16.8 Å². The number of anilines is 2. The summed E-state index contributed by atoms with van der Waals surface area (Å²) in [6.45, 7) is 0.190. The van der Waals surface area contributed by atoms with Crippen LogP contribution in [-0.4, -0.2) is 16.3 Å². The lowest BCUT2D eigenvalue weighted by Crippen LogP contribution is -2.23. The van der Waals surface area contributed by atoms with Crippen LogP contribution >= 0.6 is 11.6 Å². The molecule has 23 heavy (non-hydrogen) atoms. The largest absolute Gasteiger partial charge is 0.769 e. The van der Waals surface area contributed by atoms with Crippen LogP contribution in [0.5, 0.6) is 0 Å². The first-order valence-electron chi connectivity index (χ1n) is 6.37. The average Bonchev–Trinajstić information content (AvgIpc) is 2.53. The molecule has 122 valence electrons. The van der Waals surface area contributed by atoms with Crippen LogP contribution in [0, 0.1) is 10.4 Å². The third-order valence-electron chi connectivity index (χ3n) is 2.97. The molecule has 0 aliphatic carbocycles. The summed E-state index contributed by atoms with van der Waals surface area (Å²) in [5.74, 6) is -0.591. The van der Waals surface area contributed by atoms with Gasteiger partial charge in [-0.15, -0.1) is 5.23 Å². The van der Waals surface area contributed by atoms with Gasteiger partial charge in [-0.3, -0.25) is 15.2 Å². The summed E-state index contributed by atoms with van der Waals surface area (Å²) >= 11 is 5.76. The van der Waals surface area contributed by atoms with E-state index in [0.29, 0.717) is 5.02 Å². The van der Waals surface area contributed by atoms with Crippen LogP contribution in [-0.2, 0) is 6.54 Å². The summed E-state index contributed by atoms with van der Waals surface area (Å²) in [4.78, 5) is 12.1. The molecule has 0 unspecified atom stereocenters. The highest BCUT2D eigenvalue weighted by Gasteiger charge is 2.11. The van der Waals surface area contributed by atoms with Crippen LogP contribution in [0.15, 0.2) is 42.5 Å². The Hall–Kier alpha value is -2.36. The number of carbonyl (C=O) groups is 1.